The Morgan fingerprint density at radius 3 is 2.52 bits per heavy atom. The summed E-state index contributed by atoms with van der Waals surface area (Å²) in [6, 6.07) is 6.73. The molecule has 1 aromatic carbocycles. The minimum atomic E-state index is -0.245. The third-order valence-electron chi connectivity index (χ3n) is 5.49. The predicted molar refractivity (Wildman–Crippen MR) is 97.6 cm³/mol. The molecule has 1 saturated carbocycles. The molecule has 0 bridgehead atoms. The summed E-state index contributed by atoms with van der Waals surface area (Å²) in [6.45, 7) is 1.94. The van der Waals surface area contributed by atoms with Crippen LogP contribution in [0.3, 0.4) is 0 Å². The van der Waals surface area contributed by atoms with E-state index in [1.165, 1.54) is 12.5 Å². The Bertz CT molecular complexity index is 567. The van der Waals surface area contributed by atoms with Crippen molar-refractivity contribution in [3.8, 4) is 0 Å². The van der Waals surface area contributed by atoms with Gasteiger partial charge in [-0.3, -0.25) is 4.79 Å². The van der Waals surface area contributed by atoms with E-state index >= 15 is 0 Å². The van der Waals surface area contributed by atoms with Gasteiger partial charge in [0, 0.05) is 31.0 Å². The van der Waals surface area contributed by atoms with Gasteiger partial charge in [0.2, 0.25) is 5.91 Å². The fraction of sp³-hybridized carbons (Fsp3) is 0.619. The second kappa shape index (κ2) is 9.69. The number of rotatable bonds is 9. The summed E-state index contributed by atoms with van der Waals surface area (Å²) >= 11 is 0. The largest absolute Gasteiger partial charge is 0.333 e. The van der Waals surface area contributed by atoms with Crippen molar-refractivity contribution in [2.75, 3.05) is 0 Å². The number of nitrogens with zero attached hydrogens (tertiary/aromatic N) is 1. The molecule has 25 heavy (non-hydrogen) atoms. The first-order valence-electron chi connectivity index (χ1n) is 9.54. The zero-order valence-electron chi connectivity index (χ0n) is 15.3. The second-order valence-corrected chi connectivity index (χ2v) is 7.25. The minimum Gasteiger partial charge on any atom is -0.333 e. The monoisotopic (exact) mass is 347 g/mol. The van der Waals surface area contributed by atoms with Gasteiger partial charge in [0.05, 0.1) is 0 Å². The summed E-state index contributed by atoms with van der Waals surface area (Å²) in [6.07, 6.45) is 10.9. The summed E-state index contributed by atoms with van der Waals surface area (Å²) in [7, 11) is 0. The van der Waals surface area contributed by atoms with Gasteiger partial charge >= 0.3 is 0 Å². The number of halogens is 1. The van der Waals surface area contributed by atoms with E-state index in [2.05, 4.69) is 0 Å². The van der Waals surface area contributed by atoms with Crippen molar-refractivity contribution in [2.45, 2.75) is 83.2 Å². The van der Waals surface area contributed by atoms with Crippen molar-refractivity contribution in [1.29, 1.82) is 0 Å². The molecule has 0 aliphatic heterocycles. The van der Waals surface area contributed by atoms with Crippen LogP contribution in [0.1, 0.15) is 76.7 Å². The van der Waals surface area contributed by atoms with Crippen molar-refractivity contribution in [1.82, 2.24) is 4.90 Å². The molecule has 2 rings (SSSR count). The quantitative estimate of drug-likeness (QED) is 0.464. The molecule has 4 heteroatoms. The number of carbonyl (C=O) groups excluding carboxylic acids is 2. The molecule has 1 amide bonds. The van der Waals surface area contributed by atoms with E-state index in [1.54, 1.807) is 19.1 Å². The highest BCUT2D eigenvalue weighted by molar-refractivity contribution is 5.74. The molecule has 0 N–H and O–H groups in total. The van der Waals surface area contributed by atoms with E-state index in [0.717, 1.165) is 57.7 Å². The maximum atomic E-state index is 14.1. The van der Waals surface area contributed by atoms with E-state index in [4.69, 9.17) is 0 Å². The molecule has 0 aromatic heterocycles. The zero-order chi connectivity index (χ0) is 18.1. The number of amides is 1. The molecule has 1 fully saturated rings. The number of hydrogen-bond acceptors (Lipinski definition) is 2. The van der Waals surface area contributed by atoms with Gasteiger partial charge in [-0.1, -0.05) is 50.3 Å². The van der Waals surface area contributed by atoms with Crippen LogP contribution in [0.15, 0.2) is 24.3 Å². The number of hydrogen-bond donors (Lipinski definition) is 0. The van der Waals surface area contributed by atoms with Crippen LogP contribution in [0.5, 0.6) is 0 Å². The summed E-state index contributed by atoms with van der Waals surface area (Å²) in [5.74, 6) is -0.219. The SMILES string of the molecule is CC(=O)N(Cc1ccccc1F)C1(CCCCCC=O)CCCCC1. The molecule has 3 nitrogen and oxygen atoms in total. The molecule has 0 saturated heterocycles. The molecule has 1 aromatic rings. The van der Waals surface area contributed by atoms with Gasteiger partial charge in [0.15, 0.2) is 0 Å². The lowest BCUT2D eigenvalue weighted by Crippen LogP contribution is -2.52. The van der Waals surface area contributed by atoms with Crippen molar-refractivity contribution >= 4 is 12.2 Å². The molecule has 138 valence electrons. The van der Waals surface area contributed by atoms with Crippen LogP contribution in [0.4, 0.5) is 4.39 Å². The van der Waals surface area contributed by atoms with Gasteiger partial charge in [0.1, 0.15) is 12.1 Å². The Labute approximate surface area is 150 Å². The van der Waals surface area contributed by atoms with Crippen LogP contribution >= 0.6 is 0 Å². The van der Waals surface area contributed by atoms with Crippen LogP contribution in [0, 0.1) is 5.82 Å². The van der Waals surface area contributed by atoms with Crippen LogP contribution in [-0.4, -0.2) is 22.6 Å². The smallest absolute Gasteiger partial charge is 0.220 e. The summed E-state index contributed by atoms with van der Waals surface area (Å²) < 4.78 is 14.1. The predicted octanol–water partition coefficient (Wildman–Crippen LogP) is 5.03. The van der Waals surface area contributed by atoms with E-state index in [9.17, 15) is 14.0 Å². The number of unbranched alkanes of at least 4 members (excludes halogenated alkanes) is 3. The van der Waals surface area contributed by atoms with Gasteiger partial charge in [-0.2, -0.15) is 0 Å². The summed E-state index contributed by atoms with van der Waals surface area (Å²) in [5.41, 5.74) is 0.427. The topological polar surface area (TPSA) is 37.4 Å². The first kappa shape index (κ1) is 19.6. The fourth-order valence-electron chi connectivity index (χ4n) is 4.13. The summed E-state index contributed by atoms with van der Waals surface area (Å²) in [4.78, 5) is 24.9. The standard InChI is InChI=1S/C21H30FNO2/c1-18(25)23(17-19-11-5-6-12-20(19)22)21(14-8-4-9-15-21)13-7-2-3-10-16-24/h5-6,11-12,16H,2-4,7-10,13-15,17H2,1H3. The lowest BCUT2D eigenvalue weighted by atomic mass is 9.76. The molecule has 1 aliphatic rings. The molecule has 0 radical (unpaired) electrons. The average molecular weight is 347 g/mol. The van der Waals surface area contributed by atoms with Gasteiger partial charge < -0.3 is 9.69 Å². The third-order valence-corrected chi connectivity index (χ3v) is 5.49. The first-order chi connectivity index (χ1) is 12.1. The van der Waals surface area contributed by atoms with E-state index in [-0.39, 0.29) is 17.3 Å². The fourth-order valence-corrected chi connectivity index (χ4v) is 4.13. The van der Waals surface area contributed by atoms with Gasteiger partial charge in [-0.05, 0) is 31.7 Å². The highest BCUT2D eigenvalue weighted by Gasteiger charge is 2.39. The zero-order valence-corrected chi connectivity index (χ0v) is 15.3. The second-order valence-electron chi connectivity index (χ2n) is 7.25. The van der Waals surface area contributed by atoms with Crippen LogP contribution in [-0.2, 0) is 16.1 Å². The highest BCUT2D eigenvalue weighted by atomic mass is 19.1. The van der Waals surface area contributed by atoms with Crippen molar-refractivity contribution in [3.63, 3.8) is 0 Å². The number of aldehydes is 1. The molecule has 0 atom stereocenters. The van der Waals surface area contributed by atoms with E-state index in [0.29, 0.717) is 18.5 Å². The van der Waals surface area contributed by atoms with Crippen LogP contribution in [0.2, 0.25) is 0 Å². The Hall–Kier alpha value is -1.71. The maximum absolute atomic E-state index is 14.1. The Morgan fingerprint density at radius 2 is 1.88 bits per heavy atom. The van der Waals surface area contributed by atoms with Crippen LogP contribution < -0.4 is 0 Å². The molecule has 0 spiro atoms. The Balaban J connectivity index is 2.14. The molecule has 1 aliphatic carbocycles. The van der Waals surface area contributed by atoms with Gasteiger partial charge in [-0.25, -0.2) is 4.39 Å². The number of benzene rings is 1. The molecule has 0 unspecified atom stereocenters. The van der Waals surface area contributed by atoms with Gasteiger partial charge in [0.25, 0.3) is 0 Å². The molecular weight excluding hydrogens is 317 g/mol. The van der Waals surface area contributed by atoms with Crippen molar-refractivity contribution < 1.29 is 14.0 Å². The number of carbonyl (C=O) groups is 2. The minimum absolute atomic E-state index is 0.0260. The van der Waals surface area contributed by atoms with Crippen molar-refractivity contribution in [3.05, 3.63) is 35.6 Å². The van der Waals surface area contributed by atoms with Crippen LogP contribution in [0.25, 0.3) is 0 Å². The molecular formula is C21H30FNO2. The maximum Gasteiger partial charge on any atom is 0.220 e. The Morgan fingerprint density at radius 1 is 1.16 bits per heavy atom. The van der Waals surface area contributed by atoms with Gasteiger partial charge in [-0.15, -0.1) is 0 Å². The lowest BCUT2D eigenvalue weighted by Gasteiger charge is -2.47. The van der Waals surface area contributed by atoms with E-state index < -0.39 is 0 Å². The normalized spacial score (nSPS) is 16.4. The highest BCUT2D eigenvalue weighted by Crippen LogP contribution is 2.39. The van der Waals surface area contributed by atoms with Crippen molar-refractivity contribution in [2.24, 2.45) is 0 Å². The lowest BCUT2D eigenvalue weighted by molar-refractivity contribution is -0.138. The average Bonchev–Trinajstić information content (AvgIpc) is 2.61. The van der Waals surface area contributed by atoms with E-state index in [1.807, 2.05) is 11.0 Å². The molecule has 0 heterocycles. The third kappa shape index (κ3) is 5.38. The first-order valence-corrected chi connectivity index (χ1v) is 9.54. The Kier molecular flexibility index (Phi) is 7.60. The summed E-state index contributed by atoms with van der Waals surface area (Å²) in [5, 5.41) is 0.